The molecule has 0 fully saturated rings. The summed E-state index contributed by atoms with van der Waals surface area (Å²) in [5, 5.41) is 6.07. The zero-order valence-electron chi connectivity index (χ0n) is 35.8. The zero-order valence-corrected chi connectivity index (χ0v) is 35.8. The fourth-order valence-electron chi connectivity index (χ4n) is 7.29. The average Bonchev–Trinajstić information content (AvgIpc) is 3.64. The Hall–Kier alpha value is -6.84. The van der Waals surface area contributed by atoms with Gasteiger partial charge in [-0.2, -0.15) is 0 Å². The second-order valence-corrected chi connectivity index (χ2v) is 14.1. The number of para-hydroxylation sites is 1. The number of hydrogen-bond acceptors (Lipinski definition) is 2. The average molecular weight is 770 g/mol. The van der Waals surface area contributed by atoms with Crippen LogP contribution < -0.4 is 0 Å². The molecule has 0 unspecified atom stereocenters. The van der Waals surface area contributed by atoms with Gasteiger partial charge >= 0.3 is 0 Å². The molecule has 59 heavy (non-hydrogen) atoms. The molecule has 0 amide bonds. The maximum Gasteiger partial charge on any atom is 0.153 e. The highest BCUT2D eigenvalue weighted by Gasteiger charge is 2.18. The summed E-state index contributed by atoms with van der Waals surface area (Å²) in [6, 6.07) is 53.2. The maximum absolute atomic E-state index is 4.91. The second-order valence-electron chi connectivity index (χ2n) is 14.1. The Bertz CT molecular complexity index is 2900. The van der Waals surface area contributed by atoms with E-state index in [-0.39, 0.29) is 0 Å². The quantitative estimate of drug-likeness (QED) is 0.158. The number of allylic oxidation sites excluding steroid dienone is 4. The normalized spacial score (nSPS) is 11.0. The lowest BCUT2D eigenvalue weighted by Gasteiger charge is -2.13. The first kappa shape index (κ1) is 41.8. The van der Waals surface area contributed by atoms with Crippen LogP contribution in [0, 0.1) is 27.7 Å². The van der Waals surface area contributed by atoms with Crippen molar-refractivity contribution in [3.63, 3.8) is 0 Å². The van der Waals surface area contributed by atoms with E-state index >= 15 is 0 Å². The summed E-state index contributed by atoms with van der Waals surface area (Å²) in [5.41, 5.74) is 13.9. The van der Waals surface area contributed by atoms with Crippen molar-refractivity contribution in [3.05, 3.63) is 210 Å². The molecule has 294 valence electrons. The van der Waals surface area contributed by atoms with E-state index in [1.807, 2.05) is 88.4 Å². The molecule has 0 aliphatic rings. The molecule has 0 atom stereocenters. The summed E-state index contributed by atoms with van der Waals surface area (Å²) in [5.74, 6) is 0.670. The van der Waals surface area contributed by atoms with Crippen molar-refractivity contribution < 1.29 is 0 Å². The summed E-state index contributed by atoms with van der Waals surface area (Å²) in [6.45, 7) is 21.1. The molecule has 0 saturated carbocycles. The van der Waals surface area contributed by atoms with Crippen molar-refractivity contribution in [1.29, 1.82) is 0 Å². The topological polar surface area (TPSA) is 30.7 Å². The number of rotatable bonds is 6. The second kappa shape index (κ2) is 19.5. The molecule has 9 aromatic rings. The van der Waals surface area contributed by atoms with Crippen molar-refractivity contribution in [2.24, 2.45) is 0 Å². The van der Waals surface area contributed by atoms with Crippen LogP contribution in [0.2, 0.25) is 0 Å². The highest BCUT2D eigenvalue weighted by Crippen LogP contribution is 2.39. The van der Waals surface area contributed by atoms with Gasteiger partial charge in [-0.15, -0.1) is 0 Å². The van der Waals surface area contributed by atoms with E-state index in [2.05, 4.69) is 154 Å². The molecular weight excluding hydrogens is 715 g/mol. The Morgan fingerprint density at radius 3 is 1.88 bits per heavy atom. The summed E-state index contributed by atoms with van der Waals surface area (Å²) >= 11 is 0. The summed E-state index contributed by atoms with van der Waals surface area (Å²) < 4.78 is 2.44. The van der Waals surface area contributed by atoms with Crippen LogP contribution in [0.25, 0.3) is 72.1 Å². The van der Waals surface area contributed by atoms with E-state index in [1.165, 1.54) is 54.8 Å². The molecule has 0 bridgehead atoms. The van der Waals surface area contributed by atoms with Gasteiger partial charge < -0.3 is 4.57 Å². The van der Waals surface area contributed by atoms with Gasteiger partial charge in [0.1, 0.15) is 0 Å². The molecule has 7 aromatic carbocycles. The molecule has 2 aromatic heterocycles. The van der Waals surface area contributed by atoms with Gasteiger partial charge in [-0.25, -0.2) is 9.97 Å². The van der Waals surface area contributed by atoms with Crippen LogP contribution >= 0.6 is 0 Å². The lowest BCUT2D eigenvalue weighted by molar-refractivity contribution is 1.16. The molecule has 0 saturated heterocycles. The summed E-state index contributed by atoms with van der Waals surface area (Å²) in [7, 11) is 0. The highest BCUT2D eigenvalue weighted by molar-refractivity contribution is 6.19. The number of benzene rings is 7. The van der Waals surface area contributed by atoms with Gasteiger partial charge in [0.25, 0.3) is 0 Å². The zero-order chi connectivity index (χ0) is 41.9. The van der Waals surface area contributed by atoms with Gasteiger partial charge in [0.05, 0.1) is 22.2 Å². The van der Waals surface area contributed by atoms with Gasteiger partial charge in [0, 0.05) is 32.8 Å². The van der Waals surface area contributed by atoms with E-state index in [4.69, 9.17) is 9.97 Å². The van der Waals surface area contributed by atoms with Crippen molar-refractivity contribution in [2.75, 3.05) is 0 Å². The predicted molar refractivity (Wildman–Crippen MR) is 259 cm³/mol. The van der Waals surface area contributed by atoms with E-state index in [0.29, 0.717) is 5.82 Å². The van der Waals surface area contributed by atoms with Gasteiger partial charge in [0.15, 0.2) is 5.82 Å². The van der Waals surface area contributed by atoms with Crippen LogP contribution in [0.15, 0.2) is 176 Å². The number of fused-ring (bicyclic) bond motifs is 6. The van der Waals surface area contributed by atoms with Crippen LogP contribution in [-0.2, 0) is 0 Å². The monoisotopic (exact) mass is 769 g/mol. The molecule has 0 spiro atoms. The van der Waals surface area contributed by atoms with Gasteiger partial charge in [0.2, 0.25) is 0 Å². The third kappa shape index (κ3) is 9.01. The fraction of sp³-hybridized carbons (Fsp3) is 0.143. The maximum atomic E-state index is 4.91. The minimum Gasteiger partial charge on any atom is -0.308 e. The molecule has 0 N–H and O–H groups in total. The first-order valence-corrected chi connectivity index (χ1v) is 20.8. The van der Waals surface area contributed by atoms with Crippen molar-refractivity contribution in [2.45, 2.75) is 55.4 Å². The van der Waals surface area contributed by atoms with Crippen LogP contribution in [0.4, 0.5) is 0 Å². The first-order valence-electron chi connectivity index (χ1n) is 20.8. The van der Waals surface area contributed by atoms with Gasteiger partial charge in [-0.1, -0.05) is 186 Å². The van der Waals surface area contributed by atoms with Crippen LogP contribution in [0.1, 0.15) is 61.3 Å². The number of aryl methyl sites for hydroxylation is 4. The lowest BCUT2D eigenvalue weighted by atomic mass is 10.0. The minimum absolute atomic E-state index is 0.670. The molecule has 3 nitrogen and oxygen atoms in total. The Morgan fingerprint density at radius 2 is 1.15 bits per heavy atom. The van der Waals surface area contributed by atoms with Gasteiger partial charge in [-0.3, -0.25) is 0 Å². The van der Waals surface area contributed by atoms with Crippen LogP contribution in [0.3, 0.4) is 0 Å². The largest absolute Gasteiger partial charge is 0.308 e. The van der Waals surface area contributed by atoms with Crippen molar-refractivity contribution in [1.82, 2.24) is 14.5 Å². The molecule has 9 rings (SSSR count). The minimum atomic E-state index is 0.670. The Kier molecular flexibility index (Phi) is 13.8. The molecule has 3 heteroatoms. The van der Waals surface area contributed by atoms with E-state index < -0.39 is 0 Å². The van der Waals surface area contributed by atoms with E-state index in [0.717, 1.165) is 39.0 Å². The SMILES string of the molecule is C=C(/C=C\C=C\c1nc(-c2ccccc2)c2ccccc2n1)c1cccc(-n2c3c(C)c(C)ccc3c3ccc4ccccc4c32)c1.CC.CC.Cc1ccccc1C. The predicted octanol–water partition coefficient (Wildman–Crippen LogP) is 15.8. The fourth-order valence-corrected chi connectivity index (χ4v) is 7.29. The molecule has 2 heterocycles. The lowest BCUT2D eigenvalue weighted by Crippen LogP contribution is -1.98. The van der Waals surface area contributed by atoms with Crippen molar-refractivity contribution in [3.8, 4) is 16.9 Å². The Balaban J connectivity index is 0.000000429. The number of aromatic nitrogens is 3. The summed E-state index contributed by atoms with van der Waals surface area (Å²) in [6.07, 6.45) is 8.00. The van der Waals surface area contributed by atoms with Crippen LogP contribution in [-0.4, -0.2) is 14.5 Å². The standard InChI is InChI=1S/C44H33N3.C8H10.2C2H6/c1-29-24-26-37-38-27-25-32-15-8-9-20-36(32)44(38)47(43(37)31(29)3)35-19-13-18-34(28-35)30(2)14-7-12-23-41-45-40-22-11-10-21-39(40)42(46-41)33-16-5-4-6-17-33;1-7-5-3-4-6-8(7)2;2*1-2/h4-28H,2H2,1,3H3;3-6H,1-2H3;2*1-2H3/b14-7-,23-12+;;;. The number of nitrogens with zero attached hydrogens (tertiary/aromatic N) is 3. The van der Waals surface area contributed by atoms with E-state index in [1.54, 1.807) is 0 Å². The first-order chi connectivity index (χ1) is 28.9. The Morgan fingerprint density at radius 1 is 0.525 bits per heavy atom. The smallest absolute Gasteiger partial charge is 0.153 e. The van der Waals surface area contributed by atoms with E-state index in [9.17, 15) is 0 Å². The van der Waals surface area contributed by atoms with Crippen LogP contribution in [0.5, 0.6) is 0 Å². The number of hydrogen-bond donors (Lipinski definition) is 0. The molecule has 0 aliphatic carbocycles. The van der Waals surface area contributed by atoms with Crippen molar-refractivity contribution >= 4 is 55.1 Å². The Labute approximate surface area is 350 Å². The third-order valence-corrected chi connectivity index (χ3v) is 10.6. The third-order valence-electron chi connectivity index (χ3n) is 10.6. The molecule has 0 aliphatic heterocycles. The molecule has 0 radical (unpaired) electrons. The summed E-state index contributed by atoms with van der Waals surface area (Å²) in [4.78, 5) is 9.72. The molecular formula is C56H55N3. The highest BCUT2D eigenvalue weighted by atomic mass is 15.0. The van der Waals surface area contributed by atoms with Gasteiger partial charge in [-0.05, 0) is 90.7 Å².